The second-order valence-corrected chi connectivity index (χ2v) is 6.83. The summed E-state index contributed by atoms with van der Waals surface area (Å²) >= 11 is 1.68. The average Bonchev–Trinajstić information content (AvgIpc) is 3.03. The Morgan fingerprint density at radius 2 is 2.15 bits per heavy atom. The van der Waals surface area contributed by atoms with Gasteiger partial charge in [0.05, 0.1) is 21.8 Å². The minimum absolute atomic E-state index is 0.401. The SMILES string of the molecule is C#CC(=O)NCc1cccc(NCC#Cc2ccc3nc(C)sc3c2)c1. The molecule has 3 aromatic rings. The molecule has 26 heavy (non-hydrogen) atoms. The van der Waals surface area contributed by atoms with E-state index in [4.69, 9.17) is 6.42 Å². The number of hydrogen-bond acceptors (Lipinski definition) is 4. The molecule has 0 radical (unpaired) electrons. The van der Waals surface area contributed by atoms with E-state index in [1.165, 1.54) is 0 Å². The van der Waals surface area contributed by atoms with E-state index >= 15 is 0 Å². The quantitative estimate of drug-likeness (QED) is 0.703. The van der Waals surface area contributed by atoms with Crippen LogP contribution in [0.25, 0.3) is 10.2 Å². The van der Waals surface area contributed by atoms with Gasteiger partial charge < -0.3 is 10.6 Å². The van der Waals surface area contributed by atoms with Crippen LogP contribution in [0.15, 0.2) is 42.5 Å². The van der Waals surface area contributed by atoms with E-state index in [2.05, 4.69) is 33.5 Å². The number of carbonyl (C=O) groups is 1. The molecular weight excluding hydrogens is 342 g/mol. The number of fused-ring (bicyclic) bond motifs is 1. The lowest BCUT2D eigenvalue weighted by Crippen LogP contribution is -2.20. The molecule has 0 aliphatic carbocycles. The standard InChI is InChI=1S/C21H17N3OS/c1-3-21(25)23-14-17-6-4-8-18(12-17)22-11-5-7-16-9-10-19-20(13-16)26-15(2)24-19/h1,4,6,8-10,12-13,22H,11,14H2,2H3,(H,23,25). The van der Waals surface area contributed by atoms with E-state index in [0.717, 1.165) is 32.0 Å². The fraction of sp³-hybridized carbons (Fsp3) is 0.143. The Hall–Kier alpha value is -3.28. The third-order valence-corrected chi connectivity index (χ3v) is 4.55. The maximum absolute atomic E-state index is 11.1. The van der Waals surface area contributed by atoms with Gasteiger partial charge in [0.25, 0.3) is 5.91 Å². The molecule has 1 amide bonds. The van der Waals surface area contributed by atoms with Crippen molar-refractivity contribution in [3.63, 3.8) is 0 Å². The zero-order valence-electron chi connectivity index (χ0n) is 14.3. The number of aryl methyl sites for hydroxylation is 1. The van der Waals surface area contributed by atoms with Crippen LogP contribution in [-0.2, 0) is 11.3 Å². The lowest BCUT2D eigenvalue weighted by Gasteiger charge is -2.06. The molecule has 1 heterocycles. The van der Waals surface area contributed by atoms with Crippen molar-refractivity contribution < 1.29 is 4.79 Å². The molecule has 0 aliphatic heterocycles. The van der Waals surface area contributed by atoms with E-state index in [-0.39, 0.29) is 0 Å². The predicted octanol–water partition coefficient (Wildman–Crippen LogP) is 3.32. The minimum Gasteiger partial charge on any atom is -0.374 e. The lowest BCUT2D eigenvalue weighted by atomic mass is 10.2. The van der Waals surface area contributed by atoms with Crippen LogP contribution in [0.1, 0.15) is 16.1 Å². The van der Waals surface area contributed by atoms with Crippen molar-refractivity contribution in [1.82, 2.24) is 10.3 Å². The lowest BCUT2D eigenvalue weighted by molar-refractivity contribution is -0.115. The van der Waals surface area contributed by atoms with Crippen molar-refractivity contribution in [2.45, 2.75) is 13.5 Å². The fourth-order valence-corrected chi connectivity index (χ4v) is 3.30. The van der Waals surface area contributed by atoms with Gasteiger partial charge in [-0.2, -0.15) is 0 Å². The third kappa shape index (κ3) is 4.63. The molecule has 128 valence electrons. The van der Waals surface area contributed by atoms with E-state index in [0.29, 0.717) is 13.1 Å². The van der Waals surface area contributed by atoms with Gasteiger partial charge in [-0.1, -0.05) is 24.0 Å². The summed E-state index contributed by atoms with van der Waals surface area (Å²) in [4.78, 5) is 15.6. The van der Waals surface area contributed by atoms with Crippen molar-refractivity contribution in [1.29, 1.82) is 0 Å². The van der Waals surface area contributed by atoms with Gasteiger partial charge in [0, 0.05) is 17.8 Å². The highest BCUT2D eigenvalue weighted by atomic mass is 32.1. The molecular formula is C21H17N3OS. The molecule has 0 saturated heterocycles. The Morgan fingerprint density at radius 3 is 3.00 bits per heavy atom. The summed E-state index contributed by atoms with van der Waals surface area (Å²) in [7, 11) is 0. The zero-order chi connectivity index (χ0) is 18.4. The summed E-state index contributed by atoms with van der Waals surface area (Å²) in [5, 5.41) is 6.97. The van der Waals surface area contributed by atoms with Gasteiger partial charge in [0.15, 0.2) is 0 Å². The van der Waals surface area contributed by atoms with Crippen molar-refractivity contribution in [3.8, 4) is 24.2 Å². The zero-order valence-corrected chi connectivity index (χ0v) is 15.1. The van der Waals surface area contributed by atoms with Crippen LogP contribution < -0.4 is 10.6 Å². The highest BCUT2D eigenvalue weighted by Gasteiger charge is 2.00. The molecule has 0 aliphatic rings. The maximum atomic E-state index is 11.1. The molecule has 5 heteroatoms. The fourth-order valence-electron chi connectivity index (χ4n) is 2.43. The second kappa shape index (κ2) is 8.20. The number of thiazole rings is 1. The first-order valence-electron chi connectivity index (χ1n) is 8.07. The van der Waals surface area contributed by atoms with Crippen LogP contribution in [-0.4, -0.2) is 17.4 Å². The monoisotopic (exact) mass is 359 g/mol. The molecule has 0 saturated carbocycles. The summed E-state index contributed by atoms with van der Waals surface area (Å²) in [6, 6.07) is 13.8. The molecule has 0 fully saturated rings. The summed E-state index contributed by atoms with van der Waals surface area (Å²) in [5.41, 5.74) is 3.91. The van der Waals surface area contributed by atoms with Crippen LogP contribution in [0.2, 0.25) is 0 Å². The molecule has 2 aromatic carbocycles. The van der Waals surface area contributed by atoms with Crippen LogP contribution in [0.5, 0.6) is 0 Å². The molecule has 2 N–H and O–H groups in total. The molecule has 1 aromatic heterocycles. The van der Waals surface area contributed by atoms with Crippen LogP contribution in [0, 0.1) is 31.1 Å². The highest BCUT2D eigenvalue weighted by molar-refractivity contribution is 7.18. The first-order chi connectivity index (χ1) is 12.6. The summed E-state index contributed by atoms with van der Waals surface area (Å²) in [6.07, 6.45) is 5.03. The summed E-state index contributed by atoms with van der Waals surface area (Å²) < 4.78 is 1.16. The van der Waals surface area contributed by atoms with Gasteiger partial charge in [-0.05, 0) is 48.7 Å². The Kier molecular flexibility index (Phi) is 5.53. The van der Waals surface area contributed by atoms with Gasteiger partial charge in [0.2, 0.25) is 0 Å². The first-order valence-corrected chi connectivity index (χ1v) is 8.89. The molecule has 0 spiro atoms. The number of carbonyl (C=O) groups excluding carboxylic acids is 1. The first kappa shape index (κ1) is 17.5. The number of aromatic nitrogens is 1. The van der Waals surface area contributed by atoms with Gasteiger partial charge in [-0.3, -0.25) is 4.79 Å². The largest absolute Gasteiger partial charge is 0.374 e. The van der Waals surface area contributed by atoms with Gasteiger partial charge in [-0.25, -0.2) is 4.98 Å². The maximum Gasteiger partial charge on any atom is 0.295 e. The van der Waals surface area contributed by atoms with E-state index < -0.39 is 5.91 Å². The molecule has 0 unspecified atom stereocenters. The van der Waals surface area contributed by atoms with Crippen LogP contribution in [0.4, 0.5) is 5.69 Å². The van der Waals surface area contributed by atoms with Gasteiger partial charge in [0.1, 0.15) is 0 Å². The number of anilines is 1. The Labute approximate surface area is 156 Å². The average molecular weight is 359 g/mol. The number of terminal acetylenes is 1. The number of benzene rings is 2. The molecule has 0 bridgehead atoms. The normalized spacial score (nSPS) is 9.85. The van der Waals surface area contributed by atoms with Crippen LogP contribution >= 0.6 is 11.3 Å². The van der Waals surface area contributed by atoms with E-state index in [9.17, 15) is 4.79 Å². The summed E-state index contributed by atoms with van der Waals surface area (Å²) in [5.74, 6) is 7.91. The van der Waals surface area contributed by atoms with Crippen molar-refractivity contribution in [2.75, 3.05) is 11.9 Å². The van der Waals surface area contributed by atoms with Crippen LogP contribution in [0.3, 0.4) is 0 Å². The number of hydrogen-bond donors (Lipinski definition) is 2. The van der Waals surface area contributed by atoms with Crippen molar-refractivity contribution in [2.24, 2.45) is 0 Å². The summed E-state index contributed by atoms with van der Waals surface area (Å²) in [6.45, 7) is 2.93. The van der Waals surface area contributed by atoms with Crippen molar-refractivity contribution >= 4 is 33.1 Å². The smallest absolute Gasteiger partial charge is 0.295 e. The number of rotatable bonds is 4. The Balaban J connectivity index is 1.58. The highest BCUT2D eigenvalue weighted by Crippen LogP contribution is 2.22. The van der Waals surface area contributed by atoms with Gasteiger partial charge >= 0.3 is 0 Å². The Morgan fingerprint density at radius 1 is 1.27 bits per heavy atom. The molecule has 3 rings (SSSR count). The molecule has 4 nitrogen and oxygen atoms in total. The third-order valence-electron chi connectivity index (χ3n) is 3.62. The molecule has 0 atom stereocenters. The topological polar surface area (TPSA) is 54.0 Å². The van der Waals surface area contributed by atoms with E-state index in [1.54, 1.807) is 11.3 Å². The van der Waals surface area contributed by atoms with Crippen molar-refractivity contribution in [3.05, 3.63) is 58.6 Å². The number of nitrogens with zero attached hydrogens (tertiary/aromatic N) is 1. The Bertz CT molecular complexity index is 1050. The number of nitrogens with one attached hydrogen (secondary N) is 2. The predicted molar refractivity (Wildman–Crippen MR) is 107 cm³/mol. The second-order valence-electron chi connectivity index (χ2n) is 5.60. The van der Waals surface area contributed by atoms with E-state index in [1.807, 2.05) is 49.2 Å². The minimum atomic E-state index is -0.415. The van der Waals surface area contributed by atoms with Gasteiger partial charge in [-0.15, -0.1) is 17.8 Å². The number of amides is 1.